The average Bonchev–Trinajstić information content (AvgIpc) is 3.08. The molecule has 0 fully saturated rings. The highest BCUT2D eigenvalue weighted by Gasteiger charge is 2.14. The highest BCUT2D eigenvalue weighted by molar-refractivity contribution is 7.18. The molecule has 0 amide bonds. The Kier molecular flexibility index (Phi) is 4.77. The van der Waals surface area contributed by atoms with Gasteiger partial charge in [-0.1, -0.05) is 11.3 Å². The van der Waals surface area contributed by atoms with Crippen LogP contribution in [0.1, 0.15) is 26.5 Å². The normalized spacial score (nSPS) is 11.2. The van der Waals surface area contributed by atoms with Gasteiger partial charge < -0.3 is 14.6 Å². The van der Waals surface area contributed by atoms with Gasteiger partial charge >= 0.3 is 5.97 Å². The van der Waals surface area contributed by atoms with E-state index in [1.165, 1.54) is 10.6 Å². The molecule has 1 aromatic carbocycles. The summed E-state index contributed by atoms with van der Waals surface area (Å²) in [5, 5.41) is 9.10. The molecular weight excluding hydrogens is 356 g/mol. The van der Waals surface area contributed by atoms with Gasteiger partial charge in [0.2, 0.25) is 0 Å². The van der Waals surface area contributed by atoms with E-state index in [0.717, 1.165) is 16.9 Å². The Bertz CT molecular complexity index is 1080. The number of carboxylic acid groups (broad SMARTS) is 1. The topological polar surface area (TPSA) is 90.1 Å². The number of carboxylic acids is 1. The summed E-state index contributed by atoms with van der Waals surface area (Å²) in [4.78, 5) is 28.4. The molecule has 2 aromatic heterocycles. The maximum absolute atomic E-state index is 12.5. The largest absolute Gasteiger partial charge is 0.497 e. The molecule has 2 heterocycles. The van der Waals surface area contributed by atoms with Crippen molar-refractivity contribution in [2.45, 2.75) is 6.92 Å². The van der Waals surface area contributed by atoms with Crippen molar-refractivity contribution in [3.8, 4) is 11.5 Å². The van der Waals surface area contributed by atoms with Crippen molar-refractivity contribution in [1.82, 2.24) is 9.38 Å². The Morgan fingerprint density at radius 3 is 2.69 bits per heavy atom. The number of hydrogen-bond donors (Lipinski definition) is 1. The molecule has 0 saturated heterocycles. The first-order valence-electron chi connectivity index (χ1n) is 7.60. The number of fused-ring (bicyclic) bond motifs is 1. The zero-order chi connectivity index (χ0) is 18.8. The highest BCUT2D eigenvalue weighted by atomic mass is 32.1. The van der Waals surface area contributed by atoms with Gasteiger partial charge in [0.05, 0.1) is 19.9 Å². The Hall–Kier alpha value is -3.13. The fraction of sp³-hybridized carbons (Fsp3) is 0.167. The monoisotopic (exact) mass is 372 g/mol. The highest BCUT2D eigenvalue weighted by Crippen LogP contribution is 2.26. The minimum absolute atomic E-state index is 0.0620. The molecule has 0 spiro atoms. The minimum Gasteiger partial charge on any atom is -0.497 e. The lowest BCUT2D eigenvalue weighted by molar-refractivity contribution is 0.0701. The summed E-state index contributed by atoms with van der Waals surface area (Å²) >= 11 is 0.954. The predicted octanol–water partition coefficient (Wildman–Crippen LogP) is 2.95. The smallest absolute Gasteiger partial charge is 0.347 e. The van der Waals surface area contributed by atoms with Crippen LogP contribution in [0.2, 0.25) is 0 Å². The van der Waals surface area contributed by atoms with E-state index in [1.54, 1.807) is 45.4 Å². The van der Waals surface area contributed by atoms with Crippen molar-refractivity contribution >= 4 is 34.4 Å². The van der Waals surface area contributed by atoms with Gasteiger partial charge in [0, 0.05) is 23.4 Å². The van der Waals surface area contributed by atoms with E-state index < -0.39 is 5.97 Å². The van der Waals surface area contributed by atoms with E-state index in [9.17, 15) is 9.59 Å². The van der Waals surface area contributed by atoms with Crippen LogP contribution in [0.3, 0.4) is 0 Å². The number of rotatable bonds is 5. The van der Waals surface area contributed by atoms with Gasteiger partial charge in [-0.15, -0.1) is 0 Å². The number of aromatic nitrogens is 2. The fourth-order valence-electron chi connectivity index (χ4n) is 2.43. The number of carbonyl (C=O) groups is 1. The number of benzene rings is 1. The molecule has 0 saturated carbocycles. The standard InChI is InChI=1S/C18H16N2O5S/c1-10-13(7-5-11-4-6-12(24-2)8-14(11)25-3)19-18-20(16(10)21)9-15(26-18)17(22)23/h4-9H,1-3H3,(H,22,23). The van der Waals surface area contributed by atoms with Crippen LogP contribution in [-0.4, -0.2) is 34.7 Å². The second-order valence-corrected chi connectivity index (χ2v) is 6.43. The van der Waals surface area contributed by atoms with Crippen LogP contribution in [0.5, 0.6) is 11.5 Å². The maximum Gasteiger partial charge on any atom is 0.347 e. The fourth-order valence-corrected chi connectivity index (χ4v) is 3.25. The zero-order valence-corrected chi connectivity index (χ0v) is 15.2. The lowest BCUT2D eigenvalue weighted by Crippen LogP contribution is -2.17. The van der Waals surface area contributed by atoms with E-state index in [1.807, 2.05) is 6.07 Å². The Morgan fingerprint density at radius 2 is 2.04 bits per heavy atom. The Balaban J connectivity index is 2.06. The Morgan fingerprint density at radius 1 is 1.27 bits per heavy atom. The molecule has 0 radical (unpaired) electrons. The summed E-state index contributed by atoms with van der Waals surface area (Å²) in [5.41, 5.74) is 1.42. The van der Waals surface area contributed by atoms with E-state index in [0.29, 0.717) is 27.7 Å². The van der Waals surface area contributed by atoms with Gasteiger partial charge in [-0.3, -0.25) is 9.20 Å². The van der Waals surface area contributed by atoms with Crippen molar-refractivity contribution in [2.24, 2.45) is 0 Å². The van der Waals surface area contributed by atoms with E-state index in [-0.39, 0.29) is 10.4 Å². The lowest BCUT2D eigenvalue weighted by atomic mass is 10.1. The van der Waals surface area contributed by atoms with Gasteiger partial charge in [-0.2, -0.15) is 0 Å². The first-order chi connectivity index (χ1) is 12.4. The molecule has 0 aliphatic rings. The van der Waals surface area contributed by atoms with Gasteiger partial charge in [0.25, 0.3) is 5.56 Å². The number of ether oxygens (including phenoxy) is 2. The van der Waals surface area contributed by atoms with Gasteiger partial charge in [0.1, 0.15) is 16.4 Å². The summed E-state index contributed by atoms with van der Waals surface area (Å²) in [6.45, 7) is 1.66. The third-order valence-corrected chi connectivity index (χ3v) is 4.84. The van der Waals surface area contributed by atoms with E-state index in [4.69, 9.17) is 14.6 Å². The van der Waals surface area contributed by atoms with Crippen molar-refractivity contribution in [3.05, 3.63) is 56.4 Å². The number of thiazole rings is 1. The minimum atomic E-state index is -1.09. The second kappa shape index (κ2) is 7.01. The zero-order valence-electron chi connectivity index (χ0n) is 14.3. The Labute approximate surface area is 152 Å². The van der Waals surface area contributed by atoms with Crippen LogP contribution in [0, 0.1) is 6.92 Å². The first kappa shape index (κ1) is 17.7. The summed E-state index contributed by atoms with van der Waals surface area (Å²) in [7, 11) is 3.14. The van der Waals surface area contributed by atoms with Crippen LogP contribution < -0.4 is 15.0 Å². The van der Waals surface area contributed by atoms with E-state index >= 15 is 0 Å². The van der Waals surface area contributed by atoms with Crippen LogP contribution in [0.4, 0.5) is 0 Å². The maximum atomic E-state index is 12.5. The molecule has 0 bridgehead atoms. The first-order valence-corrected chi connectivity index (χ1v) is 8.42. The van der Waals surface area contributed by atoms with E-state index in [2.05, 4.69) is 4.98 Å². The number of aromatic carboxylic acids is 1. The van der Waals surface area contributed by atoms with Crippen LogP contribution in [0.25, 0.3) is 17.1 Å². The molecule has 0 atom stereocenters. The predicted molar refractivity (Wildman–Crippen MR) is 99.5 cm³/mol. The van der Waals surface area contributed by atoms with Crippen molar-refractivity contribution in [3.63, 3.8) is 0 Å². The molecule has 1 N–H and O–H groups in total. The quantitative estimate of drug-likeness (QED) is 0.741. The second-order valence-electron chi connectivity index (χ2n) is 5.42. The number of hydrogen-bond acceptors (Lipinski definition) is 6. The summed E-state index contributed by atoms with van der Waals surface area (Å²) in [6, 6.07) is 5.40. The molecule has 26 heavy (non-hydrogen) atoms. The molecule has 0 aliphatic carbocycles. The van der Waals surface area contributed by atoms with Crippen molar-refractivity contribution in [2.75, 3.05) is 14.2 Å². The summed E-state index contributed by atoms with van der Waals surface area (Å²) in [5.74, 6) is 0.214. The molecule has 0 unspecified atom stereocenters. The van der Waals surface area contributed by atoms with Crippen LogP contribution in [0.15, 0.2) is 29.2 Å². The number of nitrogens with zero attached hydrogens (tertiary/aromatic N) is 2. The van der Waals surface area contributed by atoms with Crippen LogP contribution >= 0.6 is 11.3 Å². The summed E-state index contributed by atoms with van der Waals surface area (Å²) < 4.78 is 11.8. The molecular formula is C18H16N2O5S. The molecule has 134 valence electrons. The SMILES string of the molecule is COc1ccc(C=Cc2nc3sc(C(=O)O)cn3c(=O)c2C)c(OC)c1. The molecule has 3 rings (SSSR count). The number of methoxy groups -OCH3 is 2. The van der Waals surface area contributed by atoms with Crippen LogP contribution in [-0.2, 0) is 0 Å². The third kappa shape index (κ3) is 3.18. The molecule has 0 aliphatic heterocycles. The molecule has 3 aromatic rings. The van der Waals surface area contributed by atoms with Gasteiger partial charge in [0.15, 0.2) is 4.96 Å². The van der Waals surface area contributed by atoms with Gasteiger partial charge in [-0.25, -0.2) is 9.78 Å². The van der Waals surface area contributed by atoms with Crippen molar-refractivity contribution in [1.29, 1.82) is 0 Å². The summed E-state index contributed by atoms with van der Waals surface area (Å²) in [6.07, 6.45) is 4.79. The third-order valence-electron chi connectivity index (χ3n) is 3.87. The molecule has 7 nitrogen and oxygen atoms in total. The lowest BCUT2D eigenvalue weighted by Gasteiger charge is -2.07. The molecule has 8 heteroatoms. The van der Waals surface area contributed by atoms with Crippen molar-refractivity contribution < 1.29 is 19.4 Å². The average molecular weight is 372 g/mol. The van der Waals surface area contributed by atoms with Gasteiger partial charge in [-0.05, 0) is 31.2 Å².